The average Bonchev–Trinajstić information content (AvgIpc) is 2.93. The Bertz CT molecular complexity index is 692. The normalized spacial score (nSPS) is 22.7. The van der Waals surface area contributed by atoms with Crippen molar-refractivity contribution in [3.05, 3.63) is 77.4 Å². The summed E-state index contributed by atoms with van der Waals surface area (Å²) in [5, 5.41) is 3.65. The van der Waals surface area contributed by atoms with Crippen molar-refractivity contribution in [1.29, 1.82) is 0 Å². The maximum atomic E-state index is 5.94. The maximum Gasteiger partial charge on any atom is 0.120 e. The van der Waals surface area contributed by atoms with Gasteiger partial charge in [0.2, 0.25) is 0 Å². The van der Waals surface area contributed by atoms with Gasteiger partial charge in [-0.25, -0.2) is 0 Å². The Hall–Kier alpha value is -2.06. The summed E-state index contributed by atoms with van der Waals surface area (Å²) in [6.45, 7) is 0.626. The third-order valence-electron chi connectivity index (χ3n) is 4.80. The van der Waals surface area contributed by atoms with E-state index in [0.29, 0.717) is 18.7 Å². The quantitative estimate of drug-likeness (QED) is 0.833. The van der Waals surface area contributed by atoms with Crippen LogP contribution >= 0.6 is 0 Å². The van der Waals surface area contributed by atoms with E-state index in [0.717, 1.165) is 12.2 Å². The molecular formula is C21H23NO. The Kier molecular flexibility index (Phi) is 4.16. The van der Waals surface area contributed by atoms with E-state index in [1.54, 1.807) is 5.57 Å². The Morgan fingerprint density at radius 3 is 2.70 bits per heavy atom. The van der Waals surface area contributed by atoms with Gasteiger partial charge in [-0.15, -0.1) is 0 Å². The molecule has 0 aliphatic carbocycles. The molecule has 118 valence electrons. The summed E-state index contributed by atoms with van der Waals surface area (Å²) < 4.78 is 5.94. The van der Waals surface area contributed by atoms with Crippen LogP contribution in [0, 0.1) is 0 Å². The Morgan fingerprint density at radius 2 is 1.83 bits per heavy atom. The summed E-state index contributed by atoms with van der Waals surface area (Å²) in [5.74, 6) is 0.962. The van der Waals surface area contributed by atoms with Gasteiger partial charge in [-0.1, -0.05) is 54.1 Å². The van der Waals surface area contributed by atoms with E-state index >= 15 is 0 Å². The average molecular weight is 305 g/mol. The molecule has 2 aliphatic rings. The number of rotatable bonds is 5. The van der Waals surface area contributed by atoms with Crippen molar-refractivity contribution in [2.24, 2.45) is 0 Å². The Labute approximate surface area is 138 Å². The van der Waals surface area contributed by atoms with Gasteiger partial charge < -0.3 is 10.1 Å². The fourth-order valence-corrected chi connectivity index (χ4v) is 3.69. The molecular weight excluding hydrogens is 282 g/mol. The Balaban J connectivity index is 1.40. The van der Waals surface area contributed by atoms with Gasteiger partial charge in [0.25, 0.3) is 0 Å². The van der Waals surface area contributed by atoms with Crippen molar-refractivity contribution >= 4 is 0 Å². The molecule has 0 saturated carbocycles. The highest BCUT2D eigenvalue weighted by Crippen LogP contribution is 2.28. The van der Waals surface area contributed by atoms with Crippen LogP contribution in [-0.2, 0) is 13.0 Å². The van der Waals surface area contributed by atoms with Crippen LogP contribution in [-0.4, -0.2) is 12.1 Å². The minimum Gasteiger partial charge on any atom is -0.489 e. The highest BCUT2D eigenvalue weighted by atomic mass is 16.5. The first kappa shape index (κ1) is 14.5. The van der Waals surface area contributed by atoms with Gasteiger partial charge in [-0.3, -0.25) is 0 Å². The lowest BCUT2D eigenvalue weighted by Crippen LogP contribution is -2.32. The smallest absolute Gasteiger partial charge is 0.120 e. The fraction of sp³-hybridized carbons (Fsp3) is 0.333. The number of benzene rings is 2. The number of fused-ring (bicyclic) bond motifs is 2. The molecule has 2 heteroatoms. The molecule has 1 N–H and O–H groups in total. The van der Waals surface area contributed by atoms with E-state index in [1.807, 2.05) is 24.3 Å². The molecule has 2 unspecified atom stereocenters. The first-order valence-electron chi connectivity index (χ1n) is 8.56. The first-order valence-corrected chi connectivity index (χ1v) is 8.56. The van der Waals surface area contributed by atoms with Gasteiger partial charge in [0, 0.05) is 12.1 Å². The molecule has 2 aromatic rings. The highest BCUT2D eigenvalue weighted by Gasteiger charge is 2.27. The van der Waals surface area contributed by atoms with E-state index < -0.39 is 0 Å². The van der Waals surface area contributed by atoms with Crippen LogP contribution in [0.1, 0.15) is 30.4 Å². The van der Waals surface area contributed by atoms with Crippen LogP contribution in [0.2, 0.25) is 0 Å². The van der Waals surface area contributed by atoms with E-state index in [4.69, 9.17) is 4.74 Å². The van der Waals surface area contributed by atoms with Crippen LogP contribution in [0.15, 0.2) is 66.2 Å². The molecule has 2 bridgehead atoms. The number of ether oxygens (including phenoxy) is 1. The lowest BCUT2D eigenvalue weighted by Gasteiger charge is -2.21. The minimum absolute atomic E-state index is 0.612. The van der Waals surface area contributed by atoms with Crippen molar-refractivity contribution < 1.29 is 4.74 Å². The van der Waals surface area contributed by atoms with Gasteiger partial charge in [0.1, 0.15) is 12.4 Å². The van der Waals surface area contributed by atoms with E-state index in [1.165, 1.54) is 30.4 Å². The first-order chi connectivity index (χ1) is 11.3. The van der Waals surface area contributed by atoms with Gasteiger partial charge in [-0.2, -0.15) is 0 Å². The van der Waals surface area contributed by atoms with Crippen LogP contribution in [0.4, 0.5) is 0 Å². The summed E-state index contributed by atoms with van der Waals surface area (Å²) in [5.41, 5.74) is 4.13. The van der Waals surface area contributed by atoms with Crippen molar-refractivity contribution in [2.75, 3.05) is 0 Å². The van der Waals surface area contributed by atoms with E-state index in [-0.39, 0.29) is 0 Å². The third-order valence-corrected chi connectivity index (χ3v) is 4.80. The number of nitrogens with one attached hydrogen (secondary N) is 1. The van der Waals surface area contributed by atoms with Crippen molar-refractivity contribution in [2.45, 2.75) is 44.4 Å². The van der Waals surface area contributed by atoms with Crippen molar-refractivity contribution in [1.82, 2.24) is 5.32 Å². The van der Waals surface area contributed by atoms with Crippen molar-refractivity contribution in [3.8, 4) is 5.75 Å². The molecule has 2 aliphatic heterocycles. The largest absolute Gasteiger partial charge is 0.489 e. The second-order valence-corrected chi connectivity index (χ2v) is 6.67. The van der Waals surface area contributed by atoms with E-state index in [9.17, 15) is 0 Å². The Morgan fingerprint density at radius 1 is 0.957 bits per heavy atom. The van der Waals surface area contributed by atoms with Crippen LogP contribution in [0.5, 0.6) is 5.75 Å². The molecule has 0 amide bonds. The number of hydrogen-bond donors (Lipinski definition) is 1. The SMILES string of the molecule is C1=C(Cc2cccc(OCc3ccccc3)c2)CC2CCC1N2. The zero-order valence-electron chi connectivity index (χ0n) is 13.4. The zero-order chi connectivity index (χ0) is 15.5. The lowest BCUT2D eigenvalue weighted by molar-refractivity contribution is 0.306. The molecule has 4 rings (SSSR count). The predicted molar refractivity (Wildman–Crippen MR) is 93.6 cm³/mol. The maximum absolute atomic E-state index is 5.94. The summed E-state index contributed by atoms with van der Waals surface area (Å²) in [7, 11) is 0. The minimum atomic E-state index is 0.612. The summed E-state index contributed by atoms with van der Waals surface area (Å²) >= 11 is 0. The molecule has 2 nitrogen and oxygen atoms in total. The topological polar surface area (TPSA) is 21.3 Å². The summed E-state index contributed by atoms with van der Waals surface area (Å²) in [6, 6.07) is 20.2. The molecule has 0 spiro atoms. The molecule has 0 aromatic heterocycles. The molecule has 0 radical (unpaired) electrons. The van der Waals surface area contributed by atoms with Gasteiger partial charge in [-0.05, 0) is 48.9 Å². The summed E-state index contributed by atoms with van der Waals surface area (Å²) in [6.07, 6.45) is 7.32. The monoisotopic (exact) mass is 305 g/mol. The van der Waals surface area contributed by atoms with Gasteiger partial charge in [0.15, 0.2) is 0 Å². The van der Waals surface area contributed by atoms with Crippen LogP contribution in [0.25, 0.3) is 0 Å². The third kappa shape index (κ3) is 3.65. The molecule has 2 heterocycles. The molecule has 2 atom stereocenters. The van der Waals surface area contributed by atoms with E-state index in [2.05, 4.69) is 41.7 Å². The number of hydrogen-bond acceptors (Lipinski definition) is 2. The van der Waals surface area contributed by atoms with Gasteiger partial charge >= 0.3 is 0 Å². The van der Waals surface area contributed by atoms with Crippen molar-refractivity contribution in [3.63, 3.8) is 0 Å². The lowest BCUT2D eigenvalue weighted by atomic mass is 9.96. The standard InChI is InChI=1S/C21H23NO/c1-2-5-16(6-3-1)15-23-21-8-4-7-17(14-21)11-18-12-19-9-10-20(13-18)22-19/h1-8,12,14,19-20,22H,9-11,13,15H2. The zero-order valence-corrected chi connectivity index (χ0v) is 13.4. The molecule has 23 heavy (non-hydrogen) atoms. The highest BCUT2D eigenvalue weighted by molar-refractivity contribution is 5.33. The van der Waals surface area contributed by atoms with Crippen LogP contribution < -0.4 is 10.1 Å². The summed E-state index contributed by atoms with van der Waals surface area (Å²) in [4.78, 5) is 0. The molecule has 1 saturated heterocycles. The second-order valence-electron chi connectivity index (χ2n) is 6.67. The van der Waals surface area contributed by atoms with Crippen LogP contribution in [0.3, 0.4) is 0 Å². The second kappa shape index (κ2) is 6.59. The molecule has 1 fully saturated rings. The fourth-order valence-electron chi connectivity index (χ4n) is 3.69. The van der Waals surface area contributed by atoms with Gasteiger partial charge in [0.05, 0.1) is 0 Å². The molecule has 2 aromatic carbocycles. The predicted octanol–water partition coefficient (Wildman–Crippen LogP) is 4.26.